The molecule has 0 bridgehead atoms. The van der Waals surface area contributed by atoms with Gasteiger partial charge in [-0.2, -0.15) is 0 Å². The molecule has 0 spiro atoms. The molecule has 3 N–H and O–H groups in total. The van der Waals surface area contributed by atoms with Crippen LogP contribution >= 0.6 is 11.5 Å². The molecule has 0 saturated carbocycles. The molecule has 1 aliphatic rings. The van der Waals surface area contributed by atoms with E-state index in [1.54, 1.807) is 4.90 Å². The zero-order valence-corrected chi connectivity index (χ0v) is 11.4. The Morgan fingerprint density at radius 2 is 2.42 bits per heavy atom. The van der Waals surface area contributed by atoms with E-state index in [0.717, 1.165) is 24.4 Å². The first-order valence-corrected chi connectivity index (χ1v) is 7.04. The number of amides is 2. The van der Waals surface area contributed by atoms with Crippen molar-refractivity contribution < 1.29 is 9.59 Å². The normalized spacial score (nSPS) is 19.2. The molecule has 1 fully saturated rings. The lowest BCUT2D eigenvalue weighted by Crippen LogP contribution is -2.46. The van der Waals surface area contributed by atoms with E-state index in [2.05, 4.69) is 14.9 Å². The van der Waals surface area contributed by atoms with Crippen molar-refractivity contribution >= 4 is 23.3 Å². The van der Waals surface area contributed by atoms with E-state index in [0.29, 0.717) is 31.1 Å². The molecule has 2 rings (SSSR count). The van der Waals surface area contributed by atoms with Gasteiger partial charge in [-0.25, -0.2) is 0 Å². The second kappa shape index (κ2) is 6.58. The topological polar surface area (TPSA) is 101 Å². The Labute approximate surface area is 115 Å². The summed E-state index contributed by atoms with van der Waals surface area (Å²) in [7, 11) is 0. The maximum Gasteiger partial charge on any atom is 0.267 e. The van der Waals surface area contributed by atoms with E-state index in [9.17, 15) is 9.59 Å². The van der Waals surface area contributed by atoms with Crippen LogP contribution < -0.4 is 11.1 Å². The molecule has 1 aromatic rings. The average molecular weight is 283 g/mol. The fourth-order valence-corrected chi connectivity index (χ4v) is 2.62. The molecule has 1 unspecified atom stereocenters. The van der Waals surface area contributed by atoms with Crippen LogP contribution in [0.1, 0.15) is 22.5 Å². The fourth-order valence-electron chi connectivity index (χ4n) is 2.13. The summed E-state index contributed by atoms with van der Waals surface area (Å²) in [5.74, 6) is -0.262. The van der Waals surface area contributed by atoms with Gasteiger partial charge in [0.25, 0.3) is 5.91 Å². The fraction of sp³-hybridized carbons (Fsp3) is 0.636. The summed E-state index contributed by atoms with van der Waals surface area (Å²) in [5, 5.41) is 6.43. The average Bonchev–Trinajstić information content (AvgIpc) is 2.98. The molecular weight excluding hydrogens is 266 g/mol. The highest BCUT2D eigenvalue weighted by Crippen LogP contribution is 2.19. The van der Waals surface area contributed by atoms with Gasteiger partial charge in [0.1, 0.15) is 4.88 Å². The number of carbonyl (C=O) groups is 2. The molecule has 1 atom stereocenters. The highest BCUT2D eigenvalue weighted by atomic mass is 32.1. The maximum absolute atomic E-state index is 12.1. The first-order valence-electron chi connectivity index (χ1n) is 6.26. The van der Waals surface area contributed by atoms with Crippen LogP contribution in [0.15, 0.2) is 6.20 Å². The molecule has 7 nitrogen and oxygen atoms in total. The molecular formula is C11H17N5O2S. The van der Waals surface area contributed by atoms with Crippen molar-refractivity contribution in [3.63, 3.8) is 0 Å². The summed E-state index contributed by atoms with van der Waals surface area (Å²) in [6.45, 7) is 2.03. The molecule has 2 amide bonds. The van der Waals surface area contributed by atoms with Gasteiger partial charge in [-0.1, -0.05) is 4.49 Å². The van der Waals surface area contributed by atoms with Gasteiger partial charge in [-0.05, 0) is 24.4 Å². The van der Waals surface area contributed by atoms with E-state index in [1.165, 1.54) is 6.20 Å². The van der Waals surface area contributed by atoms with Gasteiger partial charge in [0.05, 0.1) is 12.1 Å². The minimum Gasteiger partial charge on any atom is -0.355 e. The summed E-state index contributed by atoms with van der Waals surface area (Å²) in [6.07, 6.45) is 3.10. The van der Waals surface area contributed by atoms with Crippen LogP contribution in [0.5, 0.6) is 0 Å². The van der Waals surface area contributed by atoms with E-state index < -0.39 is 0 Å². The van der Waals surface area contributed by atoms with Crippen molar-refractivity contribution in [2.24, 2.45) is 11.7 Å². The molecule has 1 saturated heterocycles. The monoisotopic (exact) mass is 283 g/mol. The third-order valence-electron chi connectivity index (χ3n) is 3.10. The van der Waals surface area contributed by atoms with Crippen molar-refractivity contribution in [2.75, 3.05) is 26.2 Å². The summed E-state index contributed by atoms with van der Waals surface area (Å²) in [5.41, 5.74) is 5.35. The van der Waals surface area contributed by atoms with Crippen molar-refractivity contribution in [1.29, 1.82) is 0 Å². The Bertz CT molecular complexity index is 436. The Hall–Kier alpha value is -1.54. The van der Waals surface area contributed by atoms with Crippen molar-refractivity contribution in [3.05, 3.63) is 11.1 Å². The van der Waals surface area contributed by atoms with Crippen molar-refractivity contribution in [3.8, 4) is 0 Å². The SMILES string of the molecule is NCCNC(=O)C1CCCN(C(=O)c2cnns2)C1. The molecule has 8 heteroatoms. The van der Waals surface area contributed by atoms with Crippen LogP contribution in [0.2, 0.25) is 0 Å². The molecule has 104 valence electrons. The Morgan fingerprint density at radius 1 is 1.58 bits per heavy atom. The van der Waals surface area contributed by atoms with Crippen LogP contribution in [0.3, 0.4) is 0 Å². The van der Waals surface area contributed by atoms with Crippen molar-refractivity contribution in [1.82, 2.24) is 19.8 Å². The molecule has 1 aromatic heterocycles. The number of nitrogens with one attached hydrogen (secondary N) is 1. The van der Waals surface area contributed by atoms with E-state index >= 15 is 0 Å². The first-order chi connectivity index (χ1) is 9.22. The minimum absolute atomic E-state index is 0.0228. The number of aromatic nitrogens is 2. The standard InChI is InChI=1S/C11H17N5O2S/c12-3-4-13-10(17)8-2-1-5-16(7-8)11(18)9-6-14-15-19-9/h6,8H,1-5,7,12H2,(H,13,17). The maximum atomic E-state index is 12.1. The number of hydrogen-bond donors (Lipinski definition) is 2. The van der Waals surface area contributed by atoms with E-state index in [-0.39, 0.29) is 17.7 Å². The van der Waals surface area contributed by atoms with Crippen LogP contribution in [-0.4, -0.2) is 52.5 Å². The second-order valence-electron chi connectivity index (χ2n) is 4.45. The quantitative estimate of drug-likeness (QED) is 0.773. The summed E-state index contributed by atoms with van der Waals surface area (Å²) in [6, 6.07) is 0. The van der Waals surface area contributed by atoms with Crippen LogP contribution in [0.4, 0.5) is 0 Å². The second-order valence-corrected chi connectivity index (χ2v) is 5.24. The highest BCUT2D eigenvalue weighted by Gasteiger charge is 2.29. The lowest BCUT2D eigenvalue weighted by Gasteiger charge is -2.31. The largest absolute Gasteiger partial charge is 0.355 e. The zero-order valence-electron chi connectivity index (χ0n) is 10.5. The predicted molar refractivity (Wildman–Crippen MR) is 70.6 cm³/mol. The van der Waals surface area contributed by atoms with Crippen LogP contribution in [0.25, 0.3) is 0 Å². The third kappa shape index (κ3) is 3.48. The number of carbonyl (C=O) groups excluding carboxylic acids is 2. The molecule has 0 aromatic carbocycles. The minimum atomic E-state index is -0.148. The molecule has 19 heavy (non-hydrogen) atoms. The molecule has 0 aliphatic carbocycles. The van der Waals surface area contributed by atoms with Gasteiger partial charge >= 0.3 is 0 Å². The smallest absolute Gasteiger partial charge is 0.267 e. The highest BCUT2D eigenvalue weighted by molar-refractivity contribution is 7.07. The van der Waals surface area contributed by atoms with Crippen LogP contribution in [0, 0.1) is 5.92 Å². The van der Waals surface area contributed by atoms with Crippen LogP contribution in [-0.2, 0) is 4.79 Å². The third-order valence-corrected chi connectivity index (χ3v) is 3.75. The Balaban J connectivity index is 1.93. The van der Waals surface area contributed by atoms with Gasteiger partial charge in [-0.15, -0.1) is 5.10 Å². The van der Waals surface area contributed by atoms with Gasteiger partial charge in [0, 0.05) is 26.2 Å². The summed E-state index contributed by atoms with van der Waals surface area (Å²) >= 11 is 1.08. The van der Waals surface area contributed by atoms with Gasteiger partial charge in [0.15, 0.2) is 0 Å². The summed E-state index contributed by atoms with van der Waals surface area (Å²) in [4.78, 5) is 26.2. The lowest BCUT2D eigenvalue weighted by atomic mass is 9.97. The summed E-state index contributed by atoms with van der Waals surface area (Å²) < 4.78 is 3.68. The zero-order chi connectivity index (χ0) is 13.7. The Kier molecular flexibility index (Phi) is 4.80. The van der Waals surface area contributed by atoms with E-state index in [4.69, 9.17) is 5.73 Å². The molecule has 2 heterocycles. The number of hydrogen-bond acceptors (Lipinski definition) is 6. The van der Waals surface area contributed by atoms with Gasteiger partial charge in [-0.3, -0.25) is 9.59 Å². The molecule has 1 aliphatic heterocycles. The van der Waals surface area contributed by atoms with Crippen molar-refractivity contribution in [2.45, 2.75) is 12.8 Å². The molecule has 0 radical (unpaired) electrons. The lowest BCUT2D eigenvalue weighted by molar-refractivity contribution is -0.126. The number of nitrogens with zero attached hydrogens (tertiary/aromatic N) is 3. The van der Waals surface area contributed by atoms with Gasteiger partial charge in [0.2, 0.25) is 5.91 Å². The predicted octanol–water partition coefficient (Wildman–Crippen LogP) is -0.535. The first kappa shape index (κ1) is 13.9. The number of likely N-dealkylation sites (tertiary alicyclic amines) is 1. The number of rotatable bonds is 4. The van der Waals surface area contributed by atoms with Gasteiger partial charge < -0.3 is 16.0 Å². The Morgan fingerprint density at radius 3 is 3.11 bits per heavy atom. The number of nitrogens with two attached hydrogens (primary N) is 1. The van der Waals surface area contributed by atoms with E-state index in [1.807, 2.05) is 0 Å². The number of piperidine rings is 1.